The molecule has 29 heavy (non-hydrogen) atoms. The van der Waals surface area contributed by atoms with Gasteiger partial charge in [-0.3, -0.25) is 9.48 Å². The number of amides is 1. The molecule has 2 aromatic rings. The number of piperidine rings is 1. The number of likely N-dealkylation sites (tertiary alicyclic amines) is 1. The van der Waals surface area contributed by atoms with E-state index in [0.29, 0.717) is 19.6 Å². The fourth-order valence-corrected chi connectivity index (χ4v) is 4.30. The molecule has 0 radical (unpaired) electrons. The number of anilines is 1. The first-order valence-electron chi connectivity index (χ1n) is 10.4. The van der Waals surface area contributed by atoms with E-state index in [1.807, 2.05) is 22.6 Å². The SMILES string of the molecule is Cc1nn(CCC(=O)N2CCC3(CC2)CN(c2ncccn2)CCO3)c(C)c1C. The zero-order valence-electron chi connectivity index (χ0n) is 17.6. The Kier molecular flexibility index (Phi) is 5.54. The monoisotopic (exact) mass is 398 g/mol. The molecule has 2 aliphatic heterocycles. The minimum absolute atomic E-state index is 0.198. The number of nitrogens with zero attached hydrogens (tertiary/aromatic N) is 6. The summed E-state index contributed by atoms with van der Waals surface area (Å²) in [6, 6.07) is 1.83. The van der Waals surface area contributed by atoms with Crippen LogP contribution in [0.4, 0.5) is 5.95 Å². The Morgan fingerprint density at radius 2 is 1.86 bits per heavy atom. The molecule has 4 rings (SSSR count). The molecule has 8 nitrogen and oxygen atoms in total. The van der Waals surface area contributed by atoms with E-state index in [4.69, 9.17) is 4.74 Å². The lowest BCUT2D eigenvalue weighted by atomic mass is 9.89. The van der Waals surface area contributed by atoms with Crippen molar-refractivity contribution in [1.29, 1.82) is 0 Å². The van der Waals surface area contributed by atoms with E-state index in [-0.39, 0.29) is 11.5 Å². The van der Waals surface area contributed by atoms with Gasteiger partial charge in [0.25, 0.3) is 0 Å². The van der Waals surface area contributed by atoms with Crippen molar-refractivity contribution < 1.29 is 9.53 Å². The molecular formula is C21H30N6O2. The summed E-state index contributed by atoms with van der Waals surface area (Å²) in [6.07, 6.45) is 5.73. The van der Waals surface area contributed by atoms with Crippen molar-refractivity contribution in [2.24, 2.45) is 0 Å². The van der Waals surface area contributed by atoms with Gasteiger partial charge in [-0.15, -0.1) is 0 Å². The van der Waals surface area contributed by atoms with Gasteiger partial charge in [-0.05, 0) is 45.2 Å². The first-order chi connectivity index (χ1) is 14.0. The Labute approximate surface area is 171 Å². The van der Waals surface area contributed by atoms with Crippen molar-refractivity contribution in [3.63, 3.8) is 0 Å². The van der Waals surface area contributed by atoms with Crippen LogP contribution in [-0.2, 0) is 16.1 Å². The highest BCUT2D eigenvalue weighted by molar-refractivity contribution is 5.76. The Hall–Kier alpha value is -2.48. The Bertz CT molecular complexity index is 858. The molecule has 2 saturated heterocycles. The summed E-state index contributed by atoms with van der Waals surface area (Å²) in [5.41, 5.74) is 3.18. The lowest BCUT2D eigenvalue weighted by Crippen LogP contribution is -2.58. The first kappa shape index (κ1) is 19.8. The van der Waals surface area contributed by atoms with Gasteiger partial charge in [-0.2, -0.15) is 5.10 Å². The topological polar surface area (TPSA) is 76.4 Å². The highest BCUT2D eigenvalue weighted by Crippen LogP contribution is 2.31. The standard InChI is InChI=1S/C21H30N6O2/c1-16-17(2)24-27(18(16)3)10-5-19(28)25-11-6-21(7-12-25)15-26(13-14-29-21)20-22-8-4-9-23-20/h4,8-9H,5-7,10-15H2,1-3H3. The van der Waals surface area contributed by atoms with Crippen LogP contribution >= 0.6 is 0 Å². The molecule has 1 amide bonds. The van der Waals surface area contributed by atoms with Crippen LogP contribution in [-0.4, -0.2) is 68.9 Å². The van der Waals surface area contributed by atoms with Gasteiger partial charge in [0, 0.05) is 50.7 Å². The minimum Gasteiger partial charge on any atom is -0.371 e. The highest BCUT2D eigenvalue weighted by Gasteiger charge is 2.41. The molecule has 0 bridgehead atoms. The van der Waals surface area contributed by atoms with Crippen LogP contribution in [0.5, 0.6) is 0 Å². The Morgan fingerprint density at radius 1 is 1.14 bits per heavy atom. The highest BCUT2D eigenvalue weighted by atomic mass is 16.5. The fraction of sp³-hybridized carbons (Fsp3) is 0.619. The summed E-state index contributed by atoms with van der Waals surface area (Å²) in [6.45, 7) is 10.5. The van der Waals surface area contributed by atoms with Gasteiger partial charge < -0.3 is 14.5 Å². The van der Waals surface area contributed by atoms with Crippen LogP contribution in [0.15, 0.2) is 18.5 Å². The summed E-state index contributed by atoms with van der Waals surface area (Å²) in [7, 11) is 0. The Balaban J connectivity index is 1.31. The third kappa shape index (κ3) is 4.12. The van der Waals surface area contributed by atoms with E-state index < -0.39 is 0 Å². The molecule has 0 unspecified atom stereocenters. The van der Waals surface area contributed by atoms with E-state index in [0.717, 1.165) is 56.4 Å². The average Bonchev–Trinajstić information content (AvgIpc) is 3.00. The molecule has 0 saturated carbocycles. The number of carbonyl (C=O) groups excluding carboxylic acids is 1. The molecule has 0 N–H and O–H groups in total. The van der Waals surface area contributed by atoms with E-state index in [2.05, 4.69) is 33.8 Å². The van der Waals surface area contributed by atoms with E-state index in [1.54, 1.807) is 12.4 Å². The smallest absolute Gasteiger partial charge is 0.225 e. The second kappa shape index (κ2) is 8.10. The summed E-state index contributed by atoms with van der Waals surface area (Å²) < 4.78 is 8.15. The zero-order chi connectivity index (χ0) is 20.4. The van der Waals surface area contributed by atoms with Gasteiger partial charge in [0.1, 0.15) is 0 Å². The summed E-state index contributed by atoms with van der Waals surface area (Å²) in [5.74, 6) is 0.956. The molecule has 0 aromatic carbocycles. The van der Waals surface area contributed by atoms with Gasteiger partial charge in [-0.1, -0.05) is 0 Å². The molecule has 2 aliphatic rings. The van der Waals surface area contributed by atoms with Crippen LogP contribution in [0, 0.1) is 20.8 Å². The summed E-state index contributed by atoms with van der Waals surface area (Å²) in [4.78, 5) is 25.7. The normalized spacial score (nSPS) is 19.0. The van der Waals surface area contributed by atoms with Gasteiger partial charge in [0.2, 0.25) is 11.9 Å². The average molecular weight is 399 g/mol. The van der Waals surface area contributed by atoms with Crippen molar-refractivity contribution in [3.05, 3.63) is 35.4 Å². The van der Waals surface area contributed by atoms with Gasteiger partial charge in [-0.25, -0.2) is 9.97 Å². The lowest BCUT2D eigenvalue weighted by Gasteiger charge is -2.47. The minimum atomic E-state index is -0.207. The van der Waals surface area contributed by atoms with Crippen LogP contribution in [0.3, 0.4) is 0 Å². The molecule has 1 spiro atoms. The molecule has 0 atom stereocenters. The number of ether oxygens (including phenoxy) is 1. The van der Waals surface area contributed by atoms with Crippen molar-refractivity contribution >= 4 is 11.9 Å². The molecule has 2 fully saturated rings. The third-order valence-electron chi connectivity index (χ3n) is 6.39. The summed E-state index contributed by atoms with van der Waals surface area (Å²) >= 11 is 0. The second-order valence-corrected chi connectivity index (χ2v) is 8.15. The van der Waals surface area contributed by atoms with E-state index in [1.165, 1.54) is 5.56 Å². The maximum absolute atomic E-state index is 12.7. The lowest BCUT2D eigenvalue weighted by molar-refractivity contribution is -0.139. The maximum atomic E-state index is 12.7. The molecule has 8 heteroatoms. The predicted octanol–water partition coefficient (Wildman–Crippen LogP) is 1.89. The molecule has 4 heterocycles. The molecule has 0 aliphatic carbocycles. The predicted molar refractivity (Wildman–Crippen MR) is 110 cm³/mol. The number of carbonyl (C=O) groups is 1. The number of aromatic nitrogens is 4. The number of hydrogen-bond donors (Lipinski definition) is 0. The number of morpholine rings is 1. The van der Waals surface area contributed by atoms with Crippen molar-refractivity contribution in [2.75, 3.05) is 37.7 Å². The summed E-state index contributed by atoms with van der Waals surface area (Å²) in [5, 5.41) is 4.54. The first-order valence-corrected chi connectivity index (χ1v) is 10.4. The van der Waals surface area contributed by atoms with Crippen LogP contribution in [0.25, 0.3) is 0 Å². The molecular weight excluding hydrogens is 368 g/mol. The van der Waals surface area contributed by atoms with Crippen molar-refractivity contribution in [1.82, 2.24) is 24.6 Å². The third-order valence-corrected chi connectivity index (χ3v) is 6.39. The fourth-order valence-electron chi connectivity index (χ4n) is 4.30. The molecule has 156 valence electrons. The largest absolute Gasteiger partial charge is 0.371 e. The maximum Gasteiger partial charge on any atom is 0.225 e. The van der Waals surface area contributed by atoms with Gasteiger partial charge in [0.05, 0.1) is 24.4 Å². The number of aryl methyl sites for hydroxylation is 2. The number of rotatable bonds is 4. The zero-order valence-corrected chi connectivity index (χ0v) is 17.6. The van der Waals surface area contributed by atoms with Gasteiger partial charge in [0.15, 0.2) is 0 Å². The van der Waals surface area contributed by atoms with Crippen LogP contribution in [0.1, 0.15) is 36.2 Å². The van der Waals surface area contributed by atoms with E-state index in [9.17, 15) is 4.79 Å². The van der Waals surface area contributed by atoms with Crippen molar-refractivity contribution in [3.8, 4) is 0 Å². The van der Waals surface area contributed by atoms with Crippen LogP contribution < -0.4 is 4.90 Å². The quantitative estimate of drug-likeness (QED) is 0.783. The second-order valence-electron chi connectivity index (χ2n) is 8.15. The van der Waals surface area contributed by atoms with Crippen LogP contribution in [0.2, 0.25) is 0 Å². The van der Waals surface area contributed by atoms with Gasteiger partial charge >= 0.3 is 0 Å². The van der Waals surface area contributed by atoms with Crippen molar-refractivity contribution in [2.45, 2.75) is 52.2 Å². The number of hydrogen-bond acceptors (Lipinski definition) is 6. The van der Waals surface area contributed by atoms with E-state index >= 15 is 0 Å². The Morgan fingerprint density at radius 3 is 2.52 bits per heavy atom. The molecule has 2 aromatic heterocycles.